The Morgan fingerprint density at radius 1 is 1.28 bits per heavy atom. The maximum atomic E-state index is 8.97. The summed E-state index contributed by atoms with van der Waals surface area (Å²) in [5.74, 6) is 0.622. The lowest BCUT2D eigenvalue weighted by atomic mass is 10.2. The average molecular weight is 236 g/mol. The molecule has 0 saturated carbocycles. The van der Waals surface area contributed by atoms with Crippen LogP contribution in [0.25, 0.3) is 0 Å². The second kappa shape index (κ2) is 4.11. The zero-order chi connectivity index (χ0) is 12.5. The van der Waals surface area contributed by atoms with E-state index >= 15 is 0 Å². The molecule has 1 aromatic carbocycles. The molecule has 3 rings (SSSR count). The van der Waals surface area contributed by atoms with Crippen LogP contribution < -0.4 is 4.90 Å². The highest BCUT2D eigenvalue weighted by Crippen LogP contribution is 2.32. The normalized spacial score (nSPS) is 13.2. The van der Waals surface area contributed by atoms with Gasteiger partial charge in [-0.25, -0.2) is 9.97 Å². The molecule has 1 aliphatic heterocycles. The minimum Gasteiger partial charge on any atom is -0.310 e. The Labute approximate surface area is 106 Å². The van der Waals surface area contributed by atoms with E-state index in [2.05, 4.69) is 33.1 Å². The molecule has 1 aliphatic rings. The van der Waals surface area contributed by atoms with E-state index in [1.165, 1.54) is 5.56 Å². The van der Waals surface area contributed by atoms with Crippen LogP contribution in [0.5, 0.6) is 0 Å². The number of rotatable bonds is 1. The molecule has 1 aromatic heterocycles. The van der Waals surface area contributed by atoms with E-state index in [0.29, 0.717) is 11.6 Å². The first-order chi connectivity index (χ1) is 8.78. The number of aromatic nitrogens is 2. The molecule has 0 N–H and O–H groups in total. The topological polar surface area (TPSA) is 52.8 Å². The Kier molecular flexibility index (Phi) is 2.45. The summed E-state index contributed by atoms with van der Waals surface area (Å²) in [5.41, 5.74) is 3.69. The fourth-order valence-electron chi connectivity index (χ4n) is 2.28. The van der Waals surface area contributed by atoms with Crippen LogP contribution in [-0.2, 0) is 6.42 Å². The van der Waals surface area contributed by atoms with Gasteiger partial charge in [0.05, 0.1) is 0 Å². The number of para-hydroxylation sites is 1. The Balaban J connectivity index is 2.08. The van der Waals surface area contributed by atoms with E-state index < -0.39 is 0 Å². The lowest BCUT2D eigenvalue weighted by Gasteiger charge is -2.17. The number of benzene rings is 1. The quantitative estimate of drug-likeness (QED) is 0.762. The molecule has 0 bridgehead atoms. The van der Waals surface area contributed by atoms with Crippen LogP contribution in [0.15, 0.2) is 30.3 Å². The number of aryl methyl sites for hydroxylation is 1. The van der Waals surface area contributed by atoms with Crippen LogP contribution in [0.4, 0.5) is 11.6 Å². The average Bonchev–Trinajstić information content (AvgIpc) is 2.81. The fraction of sp³-hybridized carbons (Fsp3) is 0.214. The third-order valence-corrected chi connectivity index (χ3v) is 3.09. The minimum atomic E-state index is 0.418. The molecule has 88 valence electrons. The summed E-state index contributed by atoms with van der Waals surface area (Å²) >= 11 is 0. The van der Waals surface area contributed by atoms with Crippen LogP contribution in [0.1, 0.15) is 17.0 Å². The summed E-state index contributed by atoms with van der Waals surface area (Å²) in [7, 11) is 0. The molecular weight excluding hydrogens is 224 g/mol. The highest BCUT2D eigenvalue weighted by Gasteiger charge is 2.22. The molecule has 0 fully saturated rings. The van der Waals surface area contributed by atoms with Gasteiger partial charge in [0.2, 0.25) is 5.95 Å². The predicted octanol–water partition coefficient (Wildman–Crippen LogP) is 2.35. The van der Waals surface area contributed by atoms with Crippen molar-refractivity contribution in [2.24, 2.45) is 0 Å². The molecule has 0 amide bonds. The minimum absolute atomic E-state index is 0.418. The number of hydrogen-bond acceptors (Lipinski definition) is 4. The van der Waals surface area contributed by atoms with Gasteiger partial charge in [-0.2, -0.15) is 5.26 Å². The van der Waals surface area contributed by atoms with E-state index in [4.69, 9.17) is 5.26 Å². The third kappa shape index (κ3) is 1.70. The van der Waals surface area contributed by atoms with Gasteiger partial charge in [-0.1, -0.05) is 18.2 Å². The van der Waals surface area contributed by atoms with Crippen molar-refractivity contribution in [1.29, 1.82) is 5.26 Å². The molecule has 0 aliphatic carbocycles. The second-order valence-electron chi connectivity index (χ2n) is 4.34. The SMILES string of the molecule is Cc1cc(C#N)nc(N2CCc3ccccc32)n1. The Morgan fingerprint density at radius 3 is 2.94 bits per heavy atom. The van der Waals surface area contributed by atoms with Gasteiger partial charge in [-0.05, 0) is 31.0 Å². The van der Waals surface area contributed by atoms with Crippen molar-refractivity contribution >= 4 is 11.6 Å². The van der Waals surface area contributed by atoms with E-state index in [1.54, 1.807) is 6.07 Å². The van der Waals surface area contributed by atoms with Crippen molar-refractivity contribution in [1.82, 2.24) is 9.97 Å². The van der Waals surface area contributed by atoms with Crippen molar-refractivity contribution in [2.45, 2.75) is 13.3 Å². The standard InChI is InChI=1S/C14H12N4/c1-10-8-12(9-15)17-14(16-10)18-7-6-11-4-2-3-5-13(11)18/h2-5,8H,6-7H2,1H3. The van der Waals surface area contributed by atoms with Crippen LogP contribution in [-0.4, -0.2) is 16.5 Å². The Bertz CT molecular complexity index is 642. The highest BCUT2D eigenvalue weighted by molar-refractivity contribution is 5.65. The van der Waals surface area contributed by atoms with Crippen molar-refractivity contribution in [3.05, 3.63) is 47.3 Å². The first kappa shape index (κ1) is 10.7. The third-order valence-electron chi connectivity index (χ3n) is 3.09. The van der Waals surface area contributed by atoms with Gasteiger partial charge in [-0.3, -0.25) is 0 Å². The number of fused-ring (bicyclic) bond motifs is 1. The highest BCUT2D eigenvalue weighted by atomic mass is 15.3. The number of hydrogen-bond donors (Lipinski definition) is 0. The maximum absolute atomic E-state index is 8.97. The van der Waals surface area contributed by atoms with Gasteiger partial charge in [0, 0.05) is 17.9 Å². The summed E-state index contributed by atoms with van der Waals surface area (Å²) in [6.45, 7) is 2.75. The van der Waals surface area contributed by atoms with Gasteiger partial charge < -0.3 is 4.90 Å². The summed E-state index contributed by atoms with van der Waals surface area (Å²) in [6.07, 6.45) is 0.995. The molecule has 2 aromatic rings. The van der Waals surface area contributed by atoms with Crippen molar-refractivity contribution in [2.75, 3.05) is 11.4 Å². The van der Waals surface area contributed by atoms with Gasteiger partial charge in [0.15, 0.2) is 0 Å². The monoisotopic (exact) mass is 236 g/mol. The van der Waals surface area contributed by atoms with Crippen LogP contribution in [0.3, 0.4) is 0 Å². The van der Waals surface area contributed by atoms with Crippen LogP contribution >= 0.6 is 0 Å². The van der Waals surface area contributed by atoms with E-state index in [1.807, 2.05) is 19.1 Å². The molecule has 4 nitrogen and oxygen atoms in total. The van der Waals surface area contributed by atoms with E-state index in [0.717, 1.165) is 24.3 Å². The number of nitriles is 1. The maximum Gasteiger partial charge on any atom is 0.231 e. The molecular formula is C14H12N4. The molecule has 0 unspecified atom stereocenters. The van der Waals surface area contributed by atoms with E-state index in [9.17, 15) is 0 Å². The smallest absolute Gasteiger partial charge is 0.231 e. The van der Waals surface area contributed by atoms with Crippen molar-refractivity contribution < 1.29 is 0 Å². The largest absolute Gasteiger partial charge is 0.310 e. The predicted molar refractivity (Wildman–Crippen MR) is 68.6 cm³/mol. The molecule has 4 heteroatoms. The van der Waals surface area contributed by atoms with Crippen molar-refractivity contribution in [3.63, 3.8) is 0 Å². The van der Waals surface area contributed by atoms with Gasteiger partial charge in [-0.15, -0.1) is 0 Å². The van der Waals surface area contributed by atoms with E-state index in [-0.39, 0.29) is 0 Å². The summed E-state index contributed by atoms with van der Waals surface area (Å²) < 4.78 is 0. The number of anilines is 2. The van der Waals surface area contributed by atoms with Gasteiger partial charge in [0.25, 0.3) is 0 Å². The summed E-state index contributed by atoms with van der Waals surface area (Å²) in [4.78, 5) is 10.8. The molecule has 0 saturated heterocycles. The lowest BCUT2D eigenvalue weighted by Crippen LogP contribution is -2.17. The van der Waals surface area contributed by atoms with Gasteiger partial charge in [0.1, 0.15) is 11.8 Å². The number of nitrogens with zero attached hydrogens (tertiary/aromatic N) is 4. The summed E-state index contributed by atoms with van der Waals surface area (Å²) in [6, 6.07) is 12.0. The van der Waals surface area contributed by atoms with Crippen molar-refractivity contribution in [3.8, 4) is 6.07 Å². The van der Waals surface area contributed by atoms with Crippen LogP contribution in [0.2, 0.25) is 0 Å². The molecule has 0 radical (unpaired) electrons. The first-order valence-corrected chi connectivity index (χ1v) is 5.89. The first-order valence-electron chi connectivity index (χ1n) is 5.89. The Hall–Kier alpha value is -2.41. The molecule has 0 atom stereocenters. The fourth-order valence-corrected chi connectivity index (χ4v) is 2.28. The molecule has 0 spiro atoms. The van der Waals surface area contributed by atoms with Gasteiger partial charge >= 0.3 is 0 Å². The zero-order valence-corrected chi connectivity index (χ0v) is 10.1. The summed E-state index contributed by atoms with van der Waals surface area (Å²) in [5, 5.41) is 8.97. The lowest BCUT2D eigenvalue weighted by molar-refractivity contribution is 0.924. The second-order valence-corrected chi connectivity index (χ2v) is 4.34. The Morgan fingerprint density at radius 2 is 2.11 bits per heavy atom. The molecule has 2 heterocycles. The van der Waals surface area contributed by atoms with Crippen LogP contribution in [0, 0.1) is 18.3 Å². The zero-order valence-electron chi connectivity index (χ0n) is 10.1. The molecule has 18 heavy (non-hydrogen) atoms.